The Bertz CT molecular complexity index is 744. The molecular weight excluding hydrogens is 352 g/mol. The maximum atomic E-state index is 12.4. The number of carbonyl (C=O) groups excluding carboxylic acids is 1. The van der Waals surface area contributed by atoms with Gasteiger partial charge in [-0.15, -0.1) is 0 Å². The van der Waals surface area contributed by atoms with Crippen LogP contribution in [-0.4, -0.2) is 47.4 Å². The lowest BCUT2D eigenvalue weighted by Crippen LogP contribution is -2.36. The van der Waals surface area contributed by atoms with Gasteiger partial charge in [0.1, 0.15) is 11.6 Å². The molecule has 0 radical (unpaired) electrons. The summed E-state index contributed by atoms with van der Waals surface area (Å²) < 4.78 is 5.36. The van der Waals surface area contributed by atoms with Crippen LogP contribution in [0.2, 0.25) is 0 Å². The van der Waals surface area contributed by atoms with Crippen LogP contribution in [0, 0.1) is 0 Å². The van der Waals surface area contributed by atoms with E-state index in [1.165, 1.54) is 17.8 Å². The molecule has 1 unspecified atom stereocenters. The van der Waals surface area contributed by atoms with Gasteiger partial charge in [0.05, 0.1) is 18.5 Å². The molecular formula is C17H22N6O2S. The minimum atomic E-state index is -0.393. The Hall–Kier alpha value is -2.52. The topological polar surface area (TPSA) is 119 Å². The molecule has 0 saturated carbocycles. The van der Waals surface area contributed by atoms with Gasteiger partial charge in [0, 0.05) is 30.5 Å². The van der Waals surface area contributed by atoms with E-state index in [2.05, 4.69) is 20.2 Å². The van der Waals surface area contributed by atoms with E-state index in [1.807, 2.05) is 24.3 Å². The number of aromatic nitrogens is 2. The lowest BCUT2D eigenvalue weighted by Gasteiger charge is -2.28. The monoisotopic (exact) mass is 374 g/mol. The summed E-state index contributed by atoms with van der Waals surface area (Å²) in [5, 5.41) is 2.89. The van der Waals surface area contributed by atoms with E-state index >= 15 is 0 Å². The van der Waals surface area contributed by atoms with E-state index in [4.69, 9.17) is 16.2 Å². The first kappa shape index (κ1) is 18.3. The molecule has 1 amide bonds. The van der Waals surface area contributed by atoms with Gasteiger partial charge >= 0.3 is 0 Å². The molecule has 2 aromatic rings. The van der Waals surface area contributed by atoms with Gasteiger partial charge in [-0.3, -0.25) is 4.79 Å². The standard InChI is InChI=1S/C17H22N6O2S/c1-11(26-17-21-14(18)10-15(19)22-17)16(24)20-12-2-4-13(5-3-12)23-6-8-25-9-7-23/h2-5,10-11H,6-9H2,1H3,(H,20,24)(H4,18,19,21,22). The van der Waals surface area contributed by atoms with Crippen molar-refractivity contribution in [1.82, 2.24) is 9.97 Å². The predicted octanol–water partition coefficient (Wildman–Crippen LogP) is 1.60. The van der Waals surface area contributed by atoms with E-state index in [-0.39, 0.29) is 17.5 Å². The van der Waals surface area contributed by atoms with Gasteiger partial charge in [0.25, 0.3) is 0 Å². The molecule has 1 atom stereocenters. The molecule has 1 aromatic carbocycles. The second-order valence-corrected chi connectivity index (χ2v) is 7.20. The Morgan fingerprint density at radius 1 is 1.19 bits per heavy atom. The van der Waals surface area contributed by atoms with Gasteiger partial charge in [-0.2, -0.15) is 0 Å². The second kappa shape index (κ2) is 8.24. The highest BCUT2D eigenvalue weighted by Crippen LogP contribution is 2.24. The third kappa shape index (κ3) is 4.77. The lowest BCUT2D eigenvalue weighted by molar-refractivity contribution is -0.115. The number of anilines is 4. The number of nitrogens with one attached hydrogen (secondary N) is 1. The van der Waals surface area contributed by atoms with Crippen LogP contribution in [0.3, 0.4) is 0 Å². The number of hydrogen-bond donors (Lipinski definition) is 3. The SMILES string of the molecule is CC(Sc1nc(N)cc(N)n1)C(=O)Nc1ccc(N2CCOCC2)cc1. The van der Waals surface area contributed by atoms with Gasteiger partial charge in [0.2, 0.25) is 5.91 Å². The van der Waals surface area contributed by atoms with E-state index in [0.29, 0.717) is 5.16 Å². The first-order valence-electron chi connectivity index (χ1n) is 8.31. The van der Waals surface area contributed by atoms with Gasteiger partial charge in [-0.1, -0.05) is 11.8 Å². The van der Waals surface area contributed by atoms with Crippen molar-refractivity contribution in [3.05, 3.63) is 30.3 Å². The number of morpholine rings is 1. The number of amides is 1. The molecule has 3 rings (SSSR count). The van der Waals surface area contributed by atoms with Crippen LogP contribution in [-0.2, 0) is 9.53 Å². The molecule has 2 heterocycles. The predicted molar refractivity (Wildman–Crippen MR) is 104 cm³/mol. The molecule has 0 aliphatic carbocycles. The minimum Gasteiger partial charge on any atom is -0.383 e. The molecule has 138 valence electrons. The number of thioether (sulfide) groups is 1. The summed E-state index contributed by atoms with van der Waals surface area (Å²) >= 11 is 1.21. The van der Waals surface area contributed by atoms with E-state index in [1.54, 1.807) is 6.92 Å². The van der Waals surface area contributed by atoms with Crippen molar-refractivity contribution in [2.75, 3.05) is 48.0 Å². The quantitative estimate of drug-likeness (QED) is 0.533. The highest BCUT2D eigenvalue weighted by Gasteiger charge is 2.17. The Labute approximate surface area is 156 Å². The molecule has 1 aliphatic heterocycles. The van der Waals surface area contributed by atoms with Crippen LogP contribution in [0.25, 0.3) is 0 Å². The molecule has 1 saturated heterocycles. The third-order valence-corrected chi connectivity index (χ3v) is 4.87. The molecule has 26 heavy (non-hydrogen) atoms. The molecule has 0 bridgehead atoms. The number of nitrogens with zero attached hydrogens (tertiary/aromatic N) is 3. The lowest BCUT2D eigenvalue weighted by atomic mass is 10.2. The van der Waals surface area contributed by atoms with Crippen molar-refractivity contribution in [1.29, 1.82) is 0 Å². The van der Waals surface area contributed by atoms with Crippen molar-refractivity contribution in [3.63, 3.8) is 0 Å². The number of carbonyl (C=O) groups is 1. The number of benzene rings is 1. The average Bonchev–Trinajstić information content (AvgIpc) is 2.62. The second-order valence-electron chi connectivity index (χ2n) is 5.90. The number of nitrogens with two attached hydrogens (primary N) is 2. The van der Waals surface area contributed by atoms with E-state index < -0.39 is 5.25 Å². The van der Waals surface area contributed by atoms with Crippen LogP contribution < -0.4 is 21.7 Å². The fourth-order valence-electron chi connectivity index (χ4n) is 2.55. The summed E-state index contributed by atoms with van der Waals surface area (Å²) in [4.78, 5) is 22.8. The number of ether oxygens (including phenoxy) is 1. The normalized spacial score (nSPS) is 15.5. The smallest absolute Gasteiger partial charge is 0.237 e. The Kier molecular flexibility index (Phi) is 5.79. The first-order valence-corrected chi connectivity index (χ1v) is 9.19. The first-order chi connectivity index (χ1) is 12.5. The van der Waals surface area contributed by atoms with E-state index in [9.17, 15) is 4.79 Å². The average molecular weight is 374 g/mol. The van der Waals surface area contributed by atoms with E-state index in [0.717, 1.165) is 37.7 Å². The summed E-state index contributed by atoms with van der Waals surface area (Å²) in [5.41, 5.74) is 13.2. The molecule has 5 N–H and O–H groups in total. The Balaban J connectivity index is 1.58. The van der Waals surface area contributed by atoms with Crippen LogP contribution in [0.15, 0.2) is 35.5 Å². The fourth-order valence-corrected chi connectivity index (χ4v) is 3.35. The number of hydrogen-bond acceptors (Lipinski definition) is 8. The van der Waals surface area contributed by atoms with Crippen molar-refractivity contribution in [3.8, 4) is 0 Å². The van der Waals surface area contributed by atoms with Crippen molar-refractivity contribution in [2.45, 2.75) is 17.3 Å². The summed E-state index contributed by atoms with van der Waals surface area (Å²) in [5.74, 6) is 0.427. The molecule has 1 fully saturated rings. The van der Waals surface area contributed by atoms with Crippen LogP contribution in [0.5, 0.6) is 0 Å². The molecule has 1 aliphatic rings. The maximum absolute atomic E-state index is 12.4. The highest BCUT2D eigenvalue weighted by atomic mass is 32.2. The van der Waals surface area contributed by atoms with Crippen LogP contribution in [0.1, 0.15) is 6.92 Å². The zero-order valence-electron chi connectivity index (χ0n) is 14.5. The molecule has 1 aromatic heterocycles. The largest absolute Gasteiger partial charge is 0.383 e. The summed E-state index contributed by atoms with van der Waals surface area (Å²) in [6, 6.07) is 9.27. The van der Waals surface area contributed by atoms with Crippen molar-refractivity contribution < 1.29 is 9.53 Å². The van der Waals surface area contributed by atoms with Crippen LogP contribution in [0.4, 0.5) is 23.0 Å². The summed E-state index contributed by atoms with van der Waals surface area (Å²) in [7, 11) is 0. The van der Waals surface area contributed by atoms with Gasteiger partial charge in [0.15, 0.2) is 5.16 Å². The Morgan fingerprint density at radius 3 is 2.42 bits per heavy atom. The summed E-state index contributed by atoms with van der Waals surface area (Å²) in [6.07, 6.45) is 0. The van der Waals surface area contributed by atoms with Crippen molar-refractivity contribution >= 4 is 40.7 Å². The highest BCUT2D eigenvalue weighted by molar-refractivity contribution is 8.00. The maximum Gasteiger partial charge on any atom is 0.237 e. The zero-order chi connectivity index (χ0) is 18.5. The minimum absolute atomic E-state index is 0.140. The van der Waals surface area contributed by atoms with Gasteiger partial charge in [-0.05, 0) is 31.2 Å². The molecule has 8 nitrogen and oxygen atoms in total. The Morgan fingerprint density at radius 2 is 1.81 bits per heavy atom. The van der Waals surface area contributed by atoms with Gasteiger partial charge in [-0.25, -0.2) is 9.97 Å². The third-order valence-electron chi connectivity index (χ3n) is 3.91. The molecule has 0 spiro atoms. The van der Waals surface area contributed by atoms with Crippen molar-refractivity contribution in [2.24, 2.45) is 0 Å². The fraction of sp³-hybridized carbons (Fsp3) is 0.353. The van der Waals surface area contributed by atoms with Gasteiger partial charge < -0.3 is 26.4 Å². The zero-order valence-corrected chi connectivity index (χ0v) is 15.3. The number of rotatable bonds is 5. The van der Waals surface area contributed by atoms with Crippen LogP contribution >= 0.6 is 11.8 Å². The summed E-state index contributed by atoms with van der Waals surface area (Å²) in [6.45, 7) is 5.02. The number of nitrogen functional groups attached to an aromatic ring is 2. The molecule has 9 heteroatoms.